The minimum Gasteiger partial charge on any atom is -0.330 e. The van der Waals surface area contributed by atoms with Crippen molar-refractivity contribution in [3.05, 3.63) is 60.4 Å². The normalized spacial score (nSPS) is 11.3. The lowest BCUT2D eigenvalue weighted by molar-refractivity contribution is 0.589. The number of rotatable bonds is 6. The minimum atomic E-state index is -3.68. The standard InChI is InChI=1S/C15H17FN2O2S/c16-13-7-9-14(10-8-13)18(12-4-11-17)21(19,20)15-5-2-1-3-6-15/h1-3,5-10H,4,11-12,17H2. The molecule has 0 aliphatic heterocycles. The number of sulfonamides is 1. The number of hydrogen-bond acceptors (Lipinski definition) is 3. The molecule has 0 unspecified atom stereocenters. The predicted octanol–water partition coefficient (Wildman–Crippen LogP) is 2.37. The molecule has 6 heteroatoms. The number of halogens is 1. The molecule has 2 aromatic carbocycles. The lowest BCUT2D eigenvalue weighted by Gasteiger charge is -2.24. The summed E-state index contributed by atoms with van der Waals surface area (Å²) in [5.41, 5.74) is 5.90. The molecule has 0 saturated heterocycles. The van der Waals surface area contributed by atoms with Gasteiger partial charge in [0.05, 0.1) is 10.6 Å². The molecule has 2 rings (SSSR count). The number of anilines is 1. The van der Waals surface area contributed by atoms with E-state index >= 15 is 0 Å². The highest BCUT2D eigenvalue weighted by Crippen LogP contribution is 2.24. The molecule has 0 heterocycles. The molecule has 0 aromatic heterocycles. The lowest BCUT2D eigenvalue weighted by Crippen LogP contribution is -2.33. The summed E-state index contributed by atoms with van der Waals surface area (Å²) in [5.74, 6) is -0.408. The van der Waals surface area contributed by atoms with Gasteiger partial charge >= 0.3 is 0 Å². The summed E-state index contributed by atoms with van der Waals surface area (Å²) in [6.07, 6.45) is 0.517. The van der Waals surface area contributed by atoms with Crippen molar-refractivity contribution in [2.75, 3.05) is 17.4 Å². The third-order valence-electron chi connectivity index (χ3n) is 3.01. The maximum absolute atomic E-state index is 13.0. The molecule has 0 aliphatic rings. The molecule has 112 valence electrons. The largest absolute Gasteiger partial charge is 0.330 e. The van der Waals surface area contributed by atoms with Crippen molar-refractivity contribution >= 4 is 15.7 Å². The van der Waals surface area contributed by atoms with Crippen LogP contribution < -0.4 is 10.0 Å². The van der Waals surface area contributed by atoms with Crippen molar-refractivity contribution < 1.29 is 12.8 Å². The first-order valence-corrected chi connectivity index (χ1v) is 8.03. The number of nitrogens with two attached hydrogens (primary N) is 1. The Morgan fingerprint density at radius 3 is 2.19 bits per heavy atom. The van der Waals surface area contributed by atoms with Crippen LogP contribution in [0.25, 0.3) is 0 Å². The Morgan fingerprint density at radius 1 is 1.00 bits per heavy atom. The van der Waals surface area contributed by atoms with Gasteiger partial charge in [-0.05, 0) is 49.4 Å². The average Bonchev–Trinajstić information content (AvgIpc) is 2.50. The van der Waals surface area contributed by atoms with Crippen LogP contribution in [0.5, 0.6) is 0 Å². The van der Waals surface area contributed by atoms with E-state index in [1.54, 1.807) is 18.2 Å². The lowest BCUT2D eigenvalue weighted by atomic mass is 10.3. The van der Waals surface area contributed by atoms with Crippen LogP contribution in [0.2, 0.25) is 0 Å². The number of hydrogen-bond donors (Lipinski definition) is 1. The van der Waals surface area contributed by atoms with Crippen molar-refractivity contribution in [2.45, 2.75) is 11.3 Å². The first kappa shape index (κ1) is 15.5. The summed E-state index contributed by atoms with van der Waals surface area (Å²) in [7, 11) is -3.68. The highest BCUT2D eigenvalue weighted by molar-refractivity contribution is 7.92. The Morgan fingerprint density at radius 2 is 1.62 bits per heavy atom. The second kappa shape index (κ2) is 6.69. The van der Waals surface area contributed by atoms with Crippen LogP contribution in [0.3, 0.4) is 0 Å². The van der Waals surface area contributed by atoms with Gasteiger partial charge < -0.3 is 5.73 Å². The molecular weight excluding hydrogens is 291 g/mol. The molecule has 0 spiro atoms. The summed E-state index contributed by atoms with van der Waals surface area (Å²) >= 11 is 0. The van der Waals surface area contributed by atoms with Crippen molar-refractivity contribution in [3.8, 4) is 0 Å². The van der Waals surface area contributed by atoms with Gasteiger partial charge in [-0.3, -0.25) is 4.31 Å². The third kappa shape index (κ3) is 3.59. The molecule has 4 nitrogen and oxygen atoms in total. The molecule has 2 aromatic rings. The minimum absolute atomic E-state index is 0.200. The Balaban J connectivity index is 2.42. The summed E-state index contributed by atoms with van der Waals surface area (Å²) < 4.78 is 39.7. The van der Waals surface area contributed by atoms with E-state index in [1.807, 2.05) is 0 Å². The SMILES string of the molecule is NCCCN(c1ccc(F)cc1)S(=O)(=O)c1ccccc1. The molecule has 0 atom stereocenters. The van der Waals surface area contributed by atoms with Crippen LogP contribution in [0.1, 0.15) is 6.42 Å². The first-order chi connectivity index (χ1) is 10.1. The molecular formula is C15H17FN2O2S. The zero-order chi connectivity index (χ0) is 15.3. The number of nitrogens with zero attached hydrogens (tertiary/aromatic N) is 1. The summed E-state index contributed by atoms with van der Waals surface area (Å²) in [4.78, 5) is 0.200. The molecule has 0 fully saturated rings. The van der Waals surface area contributed by atoms with Crippen molar-refractivity contribution in [1.82, 2.24) is 0 Å². The van der Waals surface area contributed by atoms with Gasteiger partial charge in [0.25, 0.3) is 10.0 Å². The summed E-state index contributed by atoms with van der Waals surface area (Å²) in [6.45, 7) is 0.626. The van der Waals surface area contributed by atoms with Gasteiger partial charge in [0, 0.05) is 6.54 Å². The van der Waals surface area contributed by atoms with E-state index in [-0.39, 0.29) is 11.4 Å². The van der Waals surface area contributed by atoms with Gasteiger partial charge in [-0.25, -0.2) is 12.8 Å². The Bertz CT molecular complexity index is 673. The molecule has 2 N–H and O–H groups in total. The highest BCUT2D eigenvalue weighted by atomic mass is 32.2. The fourth-order valence-electron chi connectivity index (χ4n) is 1.95. The smallest absolute Gasteiger partial charge is 0.264 e. The molecule has 0 aliphatic carbocycles. The monoisotopic (exact) mass is 308 g/mol. The maximum Gasteiger partial charge on any atom is 0.264 e. The fraction of sp³-hybridized carbons (Fsp3) is 0.200. The van der Waals surface area contributed by atoms with Gasteiger partial charge in [0.1, 0.15) is 5.82 Å². The third-order valence-corrected chi connectivity index (χ3v) is 4.85. The average molecular weight is 308 g/mol. The Hall–Kier alpha value is -1.92. The summed E-state index contributed by atoms with van der Waals surface area (Å²) in [6, 6.07) is 13.5. The quantitative estimate of drug-likeness (QED) is 0.891. The molecule has 0 saturated carbocycles. The zero-order valence-corrected chi connectivity index (χ0v) is 12.3. The van der Waals surface area contributed by atoms with Crippen LogP contribution in [0.4, 0.5) is 10.1 Å². The Labute approximate surface area is 124 Å². The van der Waals surface area contributed by atoms with Crippen LogP contribution in [-0.4, -0.2) is 21.5 Å². The van der Waals surface area contributed by atoms with Gasteiger partial charge in [0.15, 0.2) is 0 Å². The molecule has 0 radical (unpaired) electrons. The Kier molecular flexibility index (Phi) is 4.93. The topological polar surface area (TPSA) is 63.4 Å². The van der Waals surface area contributed by atoms with E-state index in [2.05, 4.69) is 0 Å². The molecule has 21 heavy (non-hydrogen) atoms. The number of benzene rings is 2. The molecule has 0 amide bonds. The van der Waals surface area contributed by atoms with Crippen molar-refractivity contribution in [1.29, 1.82) is 0 Å². The van der Waals surface area contributed by atoms with E-state index in [1.165, 1.54) is 40.7 Å². The van der Waals surface area contributed by atoms with Crippen molar-refractivity contribution in [2.24, 2.45) is 5.73 Å². The fourth-order valence-corrected chi connectivity index (χ4v) is 3.47. The maximum atomic E-state index is 13.0. The molecule has 0 bridgehead atoms. The van der Waals surface area contributed by atoms with Gasteiger partial charge in [-0.15, -0.1) is 0 Å². The second-order valence-corrected chi connectivity index (χ2v) is 6.37. The van der Waals surface area contributed by atoms with E-state index < -0.39 is 15.8 Å². The predicted molar refractivity (Wildman–Crippen MR) is 81.0 cm³/mol. The van der Waals surface area contributed by atoms with E-state index in [0.29, 0.717) is 18.7 Å². The van der Waals surface area contributed by atoms with Crippen molar-refractivity contribution in [3.63, 3.8) is 0 Å². The van der Waals surface area contributed by atoms with Crippen LogP contribution in [0.15, 0.2) is 59.5 Å². The first-order valence-electron chi connectivity index (χ1n) is 6.59. The van der Waals surface area contributed by atoms with Crippen LogP contribution in [0, 0.1) is 5.82 Å². The van der Waals surface area contributed by atoms with Gasteiger partial charge in [-0.1, -0.05) is 18.2 Å². The van der Waals surface area contributed by atoms with Gasteiger partial charge in [-0.2, -0.15) is 0 Å². The van der Waals surface area contributed by atoms with Crippen LogP contribution in [-0.2, 0) is 10.0 Å². The van der Waals surface area contributed by atoms with E-state index in [4.69, 9.17) is 5.73 Å². The van der Waals surface area contributed by atoms with E-state index in [0.717, 1.165) is 0 Å². The van der Waals surface area contributed by atoms with E-state index in [9.17, 15) is 12.8 Å². The zero-order valence-electron chi connectivity index (χ0n) is 11.4. The van der Waals surface area contributed by atoms with Gasteiger partial charge in [0.2, 0.25) is 0 Å². The van der Waals surface area contributed by atoms with Crippen LogP contribution >= 0.6 is 0 Å². The summed E-state index contributed by atoms with van der Waals surface area (Å²) in [5, 5.41) is 0. The highest BCUT2D eigenvalue weighted by Gasteiger charge is 2.24. The second-order valence-electron chi connectivity index (χ2n) is 4.51.